The fourth-order valence-corrected chi connectivity index (χ4v) is 1.90. The molecule has 0 aliphatic heterocycles. The van der Waals surface area contributed by atoms with E-state index in [1.807, 2.05) is 37.3 Å². The number of aryl methyl sites for hydroxylation is 1. The van der Waals surface area contributed by atoms with E-state index >= 15 is 0 Å². The molecular weight excluding hydrogens is 272 g/mol. The molecule has 1 heterocycles. The van der Waals surface area contributed by atoms with E-state index in [4.69, 9.17) is 16.3 Å². The summed E-state index contributed by atoms with van der Waals surface area (Å²) in [5.41, 5.74) is 2.23. The Morgan fingerprint density at radius 2 is 2.05 bits per heavy atom. The van der Waals surface area contributed by atoms with Gasteiger partial charge in [0.2, 0.25) is 5.88 Å². The zero-order chi connectivity index (χ0) is 14.5. The van der Waals surface area contributed by atoms with Crippen molar-refractivity contribution >= 4 is 11.6 Å². The Morgan fingerprint density at radius 3 is 2.80 bits per heavy atom. The van der Waals surface area contributed by atoms with Crippen LogP contribution in [0.2, 0.25) is 5.02 Å². The molecule has 1 aromatic carbocycles. The molecule has 2 aromatic rings. The standard InChI is InChI=1S/C16H19ClN2O/c1-11(2)19-10-13-6-7-18-16(9-13)20-15-8-12(3)4-5-14(15)17/h4-9,11,19H,10H2,1-3H3. The molecule has 0 bridgehead atoms. The maximum atomic E-state index is 6.12. The predicted molar refractivity (Wildman–Crippen MR) is 82.5 cm³/mol. The molecule has 0 aliphatic carbocycles. The third-order valence-corrected chi connectivity index (χ3v) is 3.13. The highest BCUT2D eigenvalue weighted by atomic mass is 35.5. The van der Waals surface area contributed by atoms with Gasteiger partial charge in [-0.1, -0.05) is 31.5 Å². The molecule has 0 atom stereocenters. The third kappa shape index (κ3) is 4.22. The number of nitrogens with one attached hydrogen (secondary N) is 1. The first kappa shape index (κ1) is 14.8. The largest absolute Gasteiger partial charge is 0.437 e. The van der Waals surface area contributed by atoms with Crippen molar-refractivity contribution in [3.8, 4) is 11.6 Å². The topological polar surface area (TPSA) is 34.1 Å². The van der Waals surface area contributed by atoms with Crippen LogP contribution in [0.1, 0.15) is 25.0 Å². The lowest BCUT2D eigenvalue weighted by Crippen LogP contribution is -2.21. The Bertz CT molecular complexity index is 584. The van der Waals surface area contributed by atoms with Crippen molar-refractivity contribution in [3.63, 3.8) is 0 Å². The maximum absolute atomic E-state index is 6.12. The smallest absolute Gasteiger partial charge is 0.219 e. The highest BCUT2D eigenvalue weighted by Gasteiger charge is 2.05. The number of aromatic nitrogens is 1. The molecule has 0 saturated carbocycles. The first-order valence-electron chi connectivity index (χ1n) is 6.67. The Kier molecular flexibility index (Phi) is 4.99. The molecule has 2 rings (SSSR count). The van der Waals surface area contributed by atoms with E-state index < -0.39 is 0 Å². The molecule has 0 spiro atoms. The van der Waals surface area contributed by atoms with Crippen LogP contribution >= 0.6 is 11.6 Å². The average molecular weight is 291 g/mol. The SMILES string of the molecule is Cc1ccc(Cl)c(Oc2cc(CNC(C)C)ccn2)c1. The monoisotopic (exact) mass is 290 g/mol. The highest BCUT2D eigenvalue weighted by molar-refractivity contribution is 6.32. The molecule has 0 fully saturated rings. The van der Waals surface area contributed by atoms with Gasteiger partial charge in [-0.2, -0.15) is 0 Å². The van der Waals surface area contributed by atoms with E-state index in [1.54, 1.807) is 6.20 Å². The average Bonchev–Trinajstić information content (AvgIpc) is 2.41. The minimum atomic E-state index is 0.443. The third-order valence-electron chi connectivity index (χ3n) is 2.81. The Hall–Kier alpha value is -1.58. The molecule has 1 aromatic heterocycles. The molecule has 1 N–H and O–H groups in total. The van der Waals surface area contributed by atoms with Crippen LogP contribution in [-0.4, -0.2) is 11.0 Å². The second-order valence-corrected chi connectivity index (χ2v) is 5.48. The van der Waals surface area contributed by atoms with E-state index in [9.17, 15) is 0 Å². The second-order valence-electron chi connectivity index (χ2n) is 5.07. The van der Waals surface area contributed by atoms with Crippen molar-refractivity contribution in [2.24, 2.45) is 0 Å². The van der Waals surface area contributed by atoms with E-state index in [1.165, 1.54) is 0 Å². The van der Waals surface area contributed by atoms with Gasteiger partial charge in [0, 0.05) is 24.8 Å². The van der Waals surface area contributed by atoms with Crippen LogP contribution in [0.5, 0.6) is 11.6 Å². The maximum Gasteiger partial charge on any atom is 0.219 e. The summed E-state index contributed by atoms with van der Waals surface area (Å²) in [7, 11) is 0. The summed E-state index contributed by atoms with van der Waals surface area (Å²) in [5, 5.41) is 3.95. The van der Waals surface area contributed by atoms with E-state index in [0.29, 0.717) is 22.7 Å². The normalized spacial score (nSPS) is 10.8. The molecule has 3 nitrogen and oxygen atoms in total. The van der Waals surface area contributed by atoms with Gasteiger partial charge in [0.25, 0.3) is 0 Å². The van der Waals surface area contributed by atoms with Gasteiger partial charge in [0.1, 0.15) is 5.75 Å². The number of benzene rings is 1. The molecule has 4 heteroatoms. The summed E-state index contributed by atoms with van der Waals surface area (Å²) in [5.74, 6) is 1.19. The molecule has 0 unspecified atom stereocenters. The van der Waals surface area contributed by atoms with Crippen LogP contribution in [-0.2, 0) is 6.54 Å². The molecule has 0 radical (unpaired) electrons. The van der Waals surface area contributed by atoms with Gasteiger partial charge in [-0.05, 0) is 36.2 Å². The molecule has 0 amide bonds. The molecular formula is C16H19ClN2O. The predicted octanol–water partition coefficient (Wildman–Crippen LogP) is 4.33. The summed E-state index contributed by atoms with van der Waals surface area (Å²) in [6, 6.07) is 10.0. The van der Waals surface area contributed by atoms with Crippen molar-refractivity contribution < 1.29 is 4.74 Å². The van der Waals surface area contributed by atoms with Crippen LogP contribution in [0.4, 0.5) is 0 Å². The summed E-state index contributed by atoms with van der Waals surface area (Å²) >= 11 is 6.12. The zero-order valence-electron chi connectivity index (χ0n) is 12.0. The number of nitrogens with zero attached hydrogens (tertiary/aromatic N) is 1. The van der Waals surface area contributed by atoms with Crippen LogP contribution in [0.3, 0.4) is 0 Å². The van der Waals surface area contributed by atoms with Crippen molar-refractivity contribution in [2.75, 3.05) is 0 Å². The highest BCUT2D eigenvalue weighted by Crippen LogP contribution is 2.29. The quantitative estimate of drug-likeness (QED) is 0.890. The molecule has 20 heavy (non-hydrogen) atoms. The van der Waals surface area contributed by atoms with Crippen molar-refractivity contribution in [3.05, 3.63) is 52.7 Å². The summed E-state index contributed by atoms with van der Waals surface area (Å²) in [6.07, 6.45) is 1.75. The zero-order valence-corrected chi connectivity index (χ0v) is 12.7. The van der Waals surface area contributed by atoms with Crippen molar-refractivity contribution in [2.45, 2.75) is 33.4 Å². The van der Waals surface area contributed by atoms with Gasteiger partial charge in [0.05, 0.1) is 5.02 Å². The first-order chi connectivity index (χ1) is 9.54. The van der Waals surface area contributed by atoms with Gasteiger partial charge in [-0.25, -0.2) is 4.98 Å². The Morgan fingerprint density at radius 1 is 1.25 bits per heavy atom. The van der Waals surface area contributed by atoms with Gasteiger partial charge >= 0.3 is 0 Å². The minimum absolute atomic E-state index is 0.443. The summed E-state index contributed by atoms with van der Waals surface area (Å²) in [6.45, 7) is 7.02. The Balaban J connectivity index is 2.13. The number of halogens is 1. The first-order valence-corrected chi connectivity index (χ1v) is 7.04. The van der Waals surface area contributed by atoms with Crippen molar-refractivity contribution in [1.82, 2.24) is 10.3 Å². The van der Waals surface area contributed by atoms with Crippen molar-refractivity contribution in [1.29, 1.82) is 0 Å². The molecule has 0 saturated heterocycles. The van der Waals surface area contributed by atoms with Gasteiger partial charge in [-0.15, -0.1) is 0 Å². The fourth-order valence-electron chi connectivity index (χ4n) is 1.74. The van der Waals surface area contributed by atoms with E-state index in [2.05, 4.69) is 24.1 Å². The van der Waals surface area contributed by atoms with E-state index in [0.717, 1.165) is 17.7 Å². The molecule has 106 valence electrons. The van der Waals surface area contributed by atoms with Crippen LogP contribution in [0.15, 0.2) is 36.5 Å². The second kappa shape index (κ2) is 6.73. The Labute approximate surface area is 124 Å². The van der Waals surface area contributed by atoms with Gasteiger partial charge in [0.15, 0.2) is 0 Å². The fraction of sp³-hybridized carbons (Fsp3) is 0.312. The van der Waals surface area contributed by atoms with E-state index in [-0.39, 0.29) is 0 Å². The summed E-state index contributed by atoms with van der Waals surface area (Å²) < 4.78 is 5.77. The minimum Gasteiger partial charge on any atom is -0.437 e. The van der Waals surface area contributed by atoms with Gasteiger partial charge in [-0.3, -0.25) is 0 Å². The van der Waals surface area contributed by atoms with Crippen LogP contribution in [0, 0.1) is 6.92 Å². The summed E-state index contributed by atoms with van der Waals surface area (Å²) in [4.78, 5) is 4.22. The lowest BCUT2D eigenvalue weighted by Gasteiger charge is -2.10. The number of hydrogen-bond acceptors (Lipinski definition) is 3. The van der Waals surface area contributed by atoms with Crippen LogP contribution in [0.25, 0.3) is 0 Å². The lowest BCUT2D eigenvalue weighted by atomic mass is 10.2. The number of rotatable bonds is 5. The molecule has 0 aliphatic rings. The van der Waals surface area contributed by atoms with Crippen LogP contribution < -0.4 is 10.1 Å². The van der Waals surface area contributed by atoms with Gasteiger partial charge < -0.3 is 10.1 Å². The lowest BCUT2D eigenvalue weighted by molar-refractivity contribution is 0.461. The number of pyridine rings is 1. The number of ether oxygens (including phenoxy) is 1. The number of hydrogen-bond donors (Lipinski definition) is 1.